The molecule has 2 aliphatic rings. The van der Waals surface area contributed by atoms with Gasteiger partial charge in [-0.3, -0.25) is 5.01 Å². The molecule has 0 fully saturated rings. The van der Waals surface area contributed by atoms with Crippen molar-refractivity contribution >= 4 is 34.7 Å². The first-order valence-electron chi connectivity index (χ1n) is 8.12. The van der Waals surface area contributed by atoms with Crippen LogP contribution in [0.4, 0.5) is 15.8 Å². The number of nitrogen functional groups attached to an aromatic ring is 1. The van der Waals surface area contributed by atoms with Gasteiger partial charge in [0.1, 0.15) is 11.5 Å². The molecule has 0 aromatic heterocycles. The van der Waals surface area contributed by atoms with Crippen LogP contribution in [0.15, 0.2) is 47.4 Å². The lowest BCUT2D eigenvalue weighted by molar-refractivity contribution is -0.135. The Morgan fingerprint density at radius 2 is 2.32 bits per heavy atom. The predicted octanol–water partition coefficient (Wildman–Crippen LogP) is 3.85. The van der Waals surface area contributed by atoms with Crippen molar-refractivity contribution in [1.82, 2.24) is 0 Å². The summed E-state index contributed by atoms with van der Waals surface area (Å²) in [6.45, 7) is 2.03. The molecule has 0 radical (unpaired) electrons. The van der Waals surface area contributed by atoms with Gasteiger partial charge < -0.3 is 10.5 Å². The molecule has 1 heterocycles. The third kappa shape index (κ3) is 3.69. The summed E-state index contributed by atoms with van der Waals surface area (Å²) in [5.74, 6) is -0.690. The van der Waals surface area contributed by atoms with Crippen LogP contribution in [0.3, 0.4) is 0 Å². The molecule has 3 rings (SSSR count). The number of halogens is 2. The van der Waals surface area contributed by atoms with Gasteiger partial charge in [0.25, 0.3) is 0 Å². The maximum atomic E-state index is 13.3. The average molecular weight is 364 g/mol. The molecule has 0 spiro atoms. The van der Waals surface area contributed by atoms with Gasteiger partial charge in [-0.2, -0.15) is 5.10 Å². The summed E-state index contributed by atoms with van der Waals surface area (Å²) in [5.41, 5.74) is 7.30. The maximum absolute atomic E-state index is 13.3. The molecule has 2 N–H and O–H groups in total. The molecule has 1 aliphatic carbocycles. The third-order valence-corrected chi connectivity index (χ3v) is 4.56. The van der Waals surface area contributed by atoms with E-state index in [2.05, 4.69) is 5.10 Å². The van der Waals surface area contributed by atoms with Crippen LogP contribution in [0.1, 0.15) is 19.8 Å². The number of carbonyl (C=O) groups excluding carboxylic acids is 1. The Bertz CT molecular complexity index is 776. The SMILES string of the molecule is CCOC(=O)C1=NN(c2ccc(N)cc2Cl)C(C2C=CC(F)=CC2)C1. The van der Waals surface area contributed by atoms with Gasteiger partial charge >= 0.3 is 5.97 Å². The Morgan fingerprint density at radius 1 is 1.52 bits per heavy atom. The number of hydrogen-bond acceptors (Lipinski definition) is 5. The number of anilines is 2. The molecule has 1 aromatic rings. The second kappa shape index (κ2) is 7.27. The van der Waals surface area contributed by atoms with Gasteiger partial charge in [-0.1, -0.05) is 17.7 Å². The quantitative estimate of drug-likeness (QED) is 0.651. The van der Waals surface area contributed by atoms with E-state index >= 15 is 0 Å². The molecule has 7 heteroatoms. The minimum atomic E-state index is -0.442. The van der Waals surface area contributed by atoms with E-state index in [1.807, 2.05) is 6.08 Å². The van der Waals surface area contributed by atoms with Crippen molar-refractivity contribution in [2.75, 3.05) is 17.3 Å². The monoisotopic (exact) mass is 363 g/mol. The van der Waals surface area contributed by atoms with Gasteiger partial charge in [0.05, 0.1) is 23.4 Å². The van der Waals surface area contributed by atoms with E-state index < -0.39 is 5.97 Å². The van der Waals surface area contributed by atoms with Gasteiger partial charge in [-0.15, -0.1) is 0 Å². The predicted molar refractivity (Wildman–Crippen MR) is 97.3 cm³/mol. The number of rotatable bonds is 4. The first-order valence-corrected chi connectivity index (χ1v) is 8.50. The number of hydrogen-bond donors (Lipinski definition) is 1. The molecular weight excluding hydrogens is 345 g/mol. The van der Waals surface area contributed by atoms with Gasteiger partial charge in [0.15, 0.2) is 0 Å². The Kier molecular flexibility index (Phi) is 5.08. The van der Waals surface area contributed by atoms with Crippen LogP contribution >= 0.6 is 11.6 Å². The molecule has 0 saturated heterocycles. The zero-order chi connectivity index (χ0) is 18.0. The van der Waals surface area contributed by atoms with E-state index in [1.54, 1.807) is 30.1 Å². The van der Waals surface area contributed by atoms with Crippen LogP contribution in [0.2, 0.25) is 5.02 Å². The summed E-state index contributed by atoms with van der Waals surface area (Å²) in [5, 5.41) is 6.61. The first kappa shape index (κ1) is 17.5. The number of carbonyl (C=O) groups is 1. The minimum absolute atomic E-state index is 0.00352. The highest BCUT2D eigenvalue weighted by molar-refractivity contribution is 6.38. The van der Waals surface area contributed by atoms with Gasteiger partial charge in [0, 0.05) is 18.0 Å². The topological polar surface area (TPSA) is 67.9 Å². The summed E-state index contributed by atoms with van der Waals surface area (Å²) in [6.07, 6.45) is 5.72. The number of esters is 1. The third-order valence-electron chi connectivity index (χ3n) is 4.26. The van der Waals surface area contributed by atoms with Crippen LogP contribution in [0.25, 0.3) is 0 Å². The van der Waals surface area contributed by atoms with Crippen molar-refractivity contribution in [3.8, 4) is 0 Å². The van der Waals surface area contributed by atoms with Crippen LogP contribution in [-0.4, -0.2) is 24.3 Å². The minimum Gasteiger partial charge on any atom is -0.461 e. The van der Waals surface area contributed by atoms with Crippen molar-refractivity contribution in [3.63, 3.8) is 0 Å². The average Bonchev–Trinajstić information content (AvgIpc) is 3.01. The molecule has 2 atom stereocenters. The molecule has 0 bridgehead atoms. The normalized spacial score (nSPS) is 22.6. The largest absolute Gasteiger partial charge is 0.461 e. The lowest BCUT2D eigenvalue weighted by Crippen LogP contribution is -2.34. The molecule has 1 aromatic carbocycles. The second-order valence-electron chi connectivity index (χ2n) is 5.94. The van der Waals surface area contributed by atoms with E-state index in [-0.39, 0.29) is 24.4 Å². The van der Waals surface area contributed by atoms with Crippen LogP contribution < -0.4 is 10.7 Å². The highest BCUT2D eigenvalue weighted by Crippen LogP contribution is 2.37. The van der Waals surface area contributed by atoms with Crippen molar-refractivity contribution in [2.45, 2.75) is 25.8 Å². The fourth-order valence-corrected chi connectivity index (χ4v) is 3.31. The molecule has 1 aliphatic heterocycles. The first-order chi connectivity index (χ1) is 12.0. The van der Waals surface area contributed by atoms with Gasteiger partial charge in [0.2, 0.25) is 0 Å². The van der Waals surface area contributed by atoms with Crippen LogP contribution in [-0.2, 0) is 9.53 Å². The van der Waals surface area contributed by atoms with E-state index in [0.29, 0.717) is 35.0 Å². The zero-order valence-corrected chi connectivity index (χ0v) is 14.5. The molecule has 5 nitrogen and oxygen atoms in total. The lowest BCUT2D eigenvalue weighted by Gasteiger charge is -2.30. The van der Waals surface area contributed by atoms with Crippen molar-refractivity contribution in [1.29, 1.82) is 0 Å². The van der Waals surface area contributed by atoms with Gasteiger partial charge in [-0.05, 0) is 43.7 Å². The number of ether oxygens (including phenoxy) is 1. The van der Waals surface area contributed by atoms with Crippen molar-refractivity contribution in [2.24, 2.45) is 11.0 Å². The summed E-state index contributed by atoms with van der Waals surface area (Å²) in [7, 11) is 0. The summed E-state index contributed by atoms with van der Waals surface area (Å²) >= 11 is 6.33. The number of allylic oxidation sites excluding steroid dienone is 3. The maximum Gasteiger partial charge on any atom is 0.354 e. The smallest absolute Gasteiger partial charge is 0.354 e. The van der Waals surface area contributed by atoms with Crippen LogP contribution in [0, 0.1) is 5.92 Å². The zero-order valence-electron chi connectivity index (χ0n) is 13.8. The lowest BCUT2D eigenvalue weighted by atomic mass is 9.89. The molecule has 132 valence electrons. The Labute approximate surface area is 150 Å². The Hall–Kier alpha value is -2.34. The highest BCUT2D eigenvalue weighted by Gasteiger charge is 2.37. The summed E-state index contributed by atoms with van der Waals surface area (Å²) < 4.78 is 18.4. The fraction of sp³-hybridized carbons (Fsp3) is 0.333. The van der Waals surface area contributed by atoms with E-state index in [1.165, 1.54) is 12.2 Å². The van der Waals surface area contributed by atoms with Crippen LogP contribution in [0.5, 0.6) is 0 Å². The fourth-order valence-electron chi connectivity index (χ4n) is 3.04. The van der Waals surface area contributed by atoms with E-state index in [9.17, 15) is 9.18 Å². The van der Waals surface area contributed by atoms with E-state index in [0.717, 1.165) is 0 Å². The number of nitrogens with two attached hydrogens (primary N) is 1. The van der Waals surface area contributed by atoms with Gasteiger partial charge in [-0.25, -0.2) is 9.18 Å². The molecular formula is C18H19ClFN3O2. The van der Waals surface area contributed by atoms with Crippen molar-refractivity contribution < 1.29 is 13.9 Å². The summed E-state index contributed by atoms with van der Waals surface area (Å²) in [4.78, 5) is 12.1. The highest BCUT2D eigenvalue weighted by atomic mass is 35.5. The Morgan fingerprint density at radius 3 is 2.96 bits per heavy atom. The number of hydrazone groups is 1. The summed E-state index contributed by atoms with van der Waals surface area (Å²) in [6, 6.07) is 4.99. The molecule has 0 amide bonds. The number of benzene rings is 1. The van der Waals surface area contributed by atoms with E-state index in [4.69, 9.17) is 22.1 Å². The molecule has 25 heavy (non-hydrogen) atoms. The van der Waals surface area contributed by atoms with Crippen molar-refractivity contribution in [3.05, 3.63) is 47.3 Å². The number of nitrogens with zero attached hydrogens (tertiary/aromatic N) is 2. The molecule has 2 unspecified atom stereocenters. The Balaban J connectivity index is 1.93. The molecule has 0 saturated carbocycles. The second-order valence-corrected chi connectivity index (χ2v) is 6.35. The standard InChI is InChI=1S/C18H19ClFN3O2/c1-2-25-18(24)15-10-17(11-3-5-12(20)6-4-11)23(22-15)16-8-7-13(21)9-14(16)19/h3,5-9,11,17H,2,4,10,21H2,1H3.